The fourth-order valence-electron chi connectivity index (χ4n) is 3.84. The number of urea groups is 1. The van der Waals surface area contributed by atoms with Crippen LogP contribution in [0.2, 0.25) is 0 Å². The highest BCUT2D eigenvalue weighted by atomic mass is 16.4. The lowest BCUT2D eigenvalue weighted by molar-refractivity contribution is -0.144. The summed E-state index contributed by atoms with van der Waals surface area (Å²) in [5.41, 5.74) is 0. The van der Waals surface area contributed by atoms with Crippen molar-refractivity contribution in [3.8, 4) is 0 Å². The smallest absolute Gasteiger partial charge is 0.326 e. The van der Waals surface area contributed by atoms with Crippen molar-refractivity contribution in [2.75, 3.05) is 6.54 Å². The molecule has 0 spiro atoms. The molecule has 5 nitrogen and oxygen atoms in total. The quantitative estimate of drug-likeness (QED) is 0.871. The molecule has 4 atom stereocenters. The van der Waals surface area contributed by atoms with Gasteiger partial charge in [0.05, 0.1) is 0 Å². The Hall–Kier alpha value is -1.26. The number of hydrogen-bond donors (Lipinski definition) is 1. The van der Waals surface area contributed by atoms with Gasteiger partial charge in [-0.1, -0.05) is 20.3 Å². The standard InChI is InChI=1S/C16H28N2O3/c1-4-12-8-9-17(14(10-12)15(19)20)16(21)18-11(3)6-7-13(18)5-2/h11-14H,4-10H2,1-3H3,(H,19,20). The lowest BCUT2D eigenvalue weighted by atomic mass is 9.89. The highest BCUT2D eigenvalue weighted by Crippen LogP contribution is 2.31. The van der Waals surface area contributed by atoms with Gasteiger partial charge in [-0.2, -0.15) is 0 Å². The van der Waals surface area contributed by atoms with Gasteiger partial charge in [-0.25, -0.2) is 9.59 Å². The van der Waals surface area contributed by atoms with Crippen molar-refractivity contribution in [1.82, 2.24) is 9.80 Å². The lowest BCUT2D eigenvalue weighted by Gasteiger charge is -2.41. The molecule has 4 unspecified atom stereocenters. The first kappa shape index (κ1) is 16.1. The third-order valence-corrected chi connectivity index (χ3v) is 5.30. The Labute approximate surface area is 127 Å². The Bertz CT molecular complexity index is 399. The molecule has 21 heavy (non-hydrogen) atoms. The van der Waals surface area contributed by atoms with E-state index in [1.807, 2.05) is 4.90 Å². The van der Waals surface area contributed by atoms with E-state index in [2.05, 4.69) is 20.8 Å². The van der Waals surface area contributed by atoms with E-state index in [0.29, 0.717) is 18.9 Å². The molecule has 0 bridgehead atoms. The summed E-state index contributed by atoms with van der Waals surface area (Å²) < 4.78 is 0. The van der Waals surface area contributed by atoms with E-state index in [1.165, 1.54) is 0 Å². The van der Waals surface area contributed by atoms with Crippen LogP contribution in [0.4, 0.5) is 4.79 Å². The van der Waals surface area contributed by atoms with Crippen LogP contribution in [0.5, 0.6) is 0 Å². The van der Waals surface area contributed by atoms with Gasteiger partial charge in [0.15, 0.2) is 0 Å². The number of amides is 2. The Balaban J connectivity index is 2.14. The number of carbonyl (C=O) groups excluding carboxylic acids is 1. The van der Waals surface area contributed by atoms with Gasteiger partial charge in [-0.15, -0.1) is 0 Å². The Morgan fingerprint density at radius 1 is 1.14 bits per heavy atom. The molecule has 2 fully saturated rings. The number of piperidine rings is 1. The number of nitrogens with zero attached hydrogens (tertiary/aromatic N) is 2. The maximum absolute atomic E-state index is 12.9. The van der Waals surface area contributed by atoms with Crippen molar-refractivity contribution in [1.29, 1.82) is 0 Å². The minimum Gasteiger partial charge on any atom is -0.480 e. The second-order valence-corrected chi connectivity index (χ2v) is 6.52. The van der Waals surface area contributed by atoms with Crippen LogP contribution < -0.4 is 0 Å². The third-order valence-electron chi connectivity index (χ3n) is 5.30. The van der Waals surface area contributed by atoms with Crippen LogP contribution >= 0.6 is 0 Å². The average molecular weight is 296 g/mol. The third kappa shape index (κ3) is 3.16. The molecule has 0 aromatic heterocycles. The second-order valence-electron chi connectivity index (χ2n) is 6.52. The normalized spacial score (nSPS) is 33.3. The first-order valence-corrected chi connectivity index (χ1v) is 8.31. The number of aliphatic carboxylic acids is 1. The van der Waals surface area contributed by atoms with Crippen LogP contribution in [-0.2, 0) is 4.79 Å². The number of carboxylic acid groups (broad SMARTS) is 1. The first-order valence-electron chi connectivity index (χ1n) is 8.31. The molecule has 2 aliphatic rings. The van der Waals surface area contributed by atoms with Crippen LogP contribution in [0.3, 0.4) is 0 Å². The monoisotopic (exact) mass is 296 g/mol. The summed E-state index contributed by atoms with van der Waals surface area (Å²) in [5, 5.41) is 9.49. The van der Waals surface area contributed by atoms with Gasteiger partial charge >= 0.3 is 12.0 Å². The molecule has 2 heterocycles. The number of rotatable bonds is 3. The molecule has 0 aliphatic carbocycles. The molecule has 2 aliphatic heterocycles. The van der Waals surface area contributed by atoms with Gasteiger partial charge in [0.1, 0.15) is 6.04 Å². The lowest BCUT2D eigenvalue weighted by Crippen LogP contribution is -2.56. The summed E-state index contributed by atoms with van der Waals surface area (Å²) in [6.07, 6.45) is 5.50. The molecular weight excluding hydrogens is 268 g/mol. The fourth-order valence-corrected chi connectivity index (χ4v) is 3.84. The van der Waals surface area contributed by atoms with E-state index < -0.39 is 12.0 Å². The number of likely N-dealkylation sites (tertiary alicyclic amines) is 2. The van der Waals surface area contributed by atoms with Gasteiger partial charge in [0, 0.05) is 18.6 Å². The highest BCUT2D eigenvalue weighted by molar-refractivity contribution is 5.83. The molecule has 0 saturated carbocycles. The maximum atomic E-state index is 12.9. The van der Waals surface area contributed by atoms with Crippen LogP contribution in [0, 0.1) is 5.92 Å². The Morgan fingerprint density at radius 2 is 1.86 bits per heavy atom. The van der Waals surface area contributed by atoms with E-state index in [9.17, 15) is 14.7 Å². The zero-order valence-electron chi connectivity index (χ0n) is 13.4. The molecule has 2 rings (SSSR count). The molecule has 5 heteroatoms. The first-order chi connectivity index (χ1) is 9.99. The summed E-state index contributed by atoms with van der Waals surface area (Å²) in [4.78, 5) is 28.0. The number of hydrogen-bond acceptors (Lipinski definition) is 2. The van der Waals surface area contributed by atoms with Crippen LogP contribution in [-0.4, -0.2) is 51.6 Å². The van der Waals surface area contributed by atoms with E-state index in [1.54, 1.807) is 4.90 Å². The molecule has 120 valence electrons. The summed E-state index contributed by atoms with van der Waals surface area (Å²) in [6.45, 7) is 6.84. The zero-order valence-corrected chi connectivity index (χ0v) is 13.4. The molecule has 0 aromatic carbocycles. The average Bonchev–Trinajstić information content (AvgIpc) is 2.86. The topological polar surface area (TPSA) is 60.9 Å². The highest BCUT2D eigenvalue weighted by Gasteiger charge is 2.41. The van der Waals surface area contributed by atoms with Crippen LogP contribution in [0.25, 0.3) is 0 Å². The van der Waals surface area contributed by atoms with Crippen molar-refractivity contribution in [3.63, 3.8) is 0 Å². The van der Waals surface area contributed by atoms with E-state index in [4.69, 9.17) is 0 Å². The van der Waals surface area contributed by atoms with Gasteiger partial charge in [-0.3, -0.25) is 0 Å². The number of carboxylic acids is 1. The fraction of sp³-hybridized carbons (Fsp3) is 0.875. The van der Waals surface area contributed by atoms with Crippen molar-refractivity contribution in [2.24, 2.45) is 5.92 Å². The van der Waals surface area contributed by atoms with Gasteiger partial charge in [-0.05, 0) is 44.9 Å². The van der Waals surface area contributed by atoms with E-state index in [-0.39, 0.29) is 18.1 Å². The summed E-state index contributed by atoms with van der Waals surface area (Å²) in [5.74, 6) is -0.436. The molecule has 2 saturated heterocycles. The van der Waals surface area contributed by atoms with E-state index in [0.717, 1.165) is 32.1 Å². The minimum atomic E-state index is -0.860. The summed E-state index contributed by atoms with van der Waals surface area (Å²) in [7, 11) is 0. The van der Waals surface area contributed by atoms with Crippen molar-refractivity contribution in [3.05, 3.63) is 0 Å². The van der Waals surface area contributed by atoms with Crippen molar-refractivity contribution in [2.45, 2.75) is 77.4 Å². The minimum absolute atomic E-state index is 0.0613. The Morgan fingerprint density at radius 3 is 2.43 bits per heavy atom. The summed E-state index contributed by atoms with van der Waals surface area (Å²) in [6, 6.07) is -0.220. The maximum Gasteiger partial charge on any atom is 0.326 e. The molecular formula is C16H28N2O3. The van der Waals surface area contributed by atoms with Gasteiger partial charge < -0.3 is 14.9 Å². The second kappa shape index (κ2) is 6.67. The van der Waals surface area contributed by atoms with Gasteiger partial charge in [0.2, 0.25) is 0 Å². The number of carbonyl (C=O) groups is 2. The Kier molecular flexibility index (Phi) is 5.12. The molecule has 0 radical (unpaired) electrons. The predicted molar refractivity (Wildman–Crippen MR) is 81.2 cm³/mol. The predicted octanol–water partition coefficient (Wildman–Crippen LogP) is 2.94. The van der Waals surface area contributed by atoms with Gasteiger partial charge in [0.25, 0.3) is 0 Å². The summed E-state index contributed by atoms with van der Waals surface area (Å²) >= 11 is 0. The SMILES string of the molecule is CCC1CCN(C(=O)N2C(C)CCC2CC)C(C(=O)O)C1. The van der Waals surface area contributed by atoms with Crippen LogP contribution in [0.15, 0.2) is 0 Å². The van der Waals surface area contributed by atoms with Crippen molar-refractivity contribution < 1.29 is 14.7 Å². The van der Waals surface area contributed by atoms with Crippen molar-refractivity contribution >= 4 is 12.0 Å². The zero-order chi connectivity index (χ0) is 15.6. The molecule has 0 aromatic rings. The van der Waals surface area contributed by atoms with Crippen LogP contribution in [0.1, 0.15) is 59.3 Å². The van der Waals surface area contributed by atoms with E-state index >= 15 is 0 Å². The molecule has 1 N–H and O–H groups in total. The largest absolute Gasteiger partial charge is 0.480 e. The molecule has 2 amide bonds.